The van der Waals surface area contributed by atoms with E-state index in [9.17, 15) is 4.79 Å². The Balaban J connectivity index is 1.91. The molecule has 0 radical (unpaired) electrons. The van der Waals surface area contributed by atoms with E-state index in [1.807, 2.05) is 23.1 Å². The topological polar surface area (TPSA) is 70.2 Å². The van der Waals surface area contributed by atoms with E-state index in [0.717, 1.165) is 49.3 Å². The average molecular weight is 274 g/mol. The molecule has 2 aromatic rings. The molecule has 1 aliphatic rings. The molecule has 1 aromatic heterocycles. The molecule has 2 N–H and O–H groups in total. The Morgan fingerprint density at radius 1 is 1.35 bits per heavy atom. The van der Waals surface area contributed by atoms with Gasteiger partial charge < -0.3 is 15.0 Å². The molecule has 1 fully saturated rings. The van der Waals surface area contributed by atoms with Crippen LogP contribution in [0.3, 0.4) is 0 Å². The van der Waals surface area contributed by atoms with Crippen molar-refractivity contribution in [1.29, 1.82) is 0 Å². The third kappa shape index (κ3) is 2.34. The summed E-state index contributed by atoms with van der Waals surface area (Å²) in [5, 5.41) is 11.2. The van der Waals surface area contributed by atoms with Gasteiger partial charge in [0, 0.05) is 31.1 Å². The monoisotopic (exact) mass is 274 g/mol. The summed E-state index contributed by atoms with van der Waals surface area (Å²) in [5.74, 6) is 0.740. The van der Waals surface area contributed by atoms with Crippen LogP contribution in [-0.2, 0) is 0 Å². The van der Waals surface area contributed by atoms with Gasteiger partial charge in [-0.1, -0.05) is 0 Å². The number of ether oxygens (including phenoxy) is 1. The molecule has 0 aliphatic carbocycles. The summed E-state index contributed by atoms with van der Waals surface area (Å²) in [4.78, 5) is 14.4. The maximum atomic E-state index is 12.6. The molecule has 1 aliphatic heterocycles. The van der Waals surface area contributed by atoms with Gasteiger partial charge in [-0.05, 0) is 25.1 Å². The number of rotatable bonds is 2. The van der Waals surface area contributed by atoms with Gasteiger partial charge in [-0.2, -0.15) is 5.10 Å². The third-order valence-corrected chi connectivity index (χ3v) is 3.60. The summed E-state index contributed by atoms with van der Waals surface area (Å²) in [6, 6.07) is 5.57. The van der Waals surface area contributed by atoms with Crippen molar-refractivity contribution in [3.05, 3.63) is 23.9 Å². The van der Waals surface area contributed by atoms with Crippen LogP contribution in [-0.4, -0.2) is 54.3 Å². The van der Waals surface area contributed by atoms with Gasteiger partial charge in [-0.15, -0.1) is 0 Å². The van der Waals surface area contributed by atoms with Gasteiger partial charge in [0.05, 0.1) is 12.6 Å². The van der Waals surface area contributed by atoms with Gasteiger partial charge in [0.15, 0.2) is 5.69 Å². The molecule has 2 heterocycles. The van der Waals surface area contributed by atoms with Crippen LogP contribution in [0.4, 0.5) is 0 Å². The molecule has 3 rings (SSSR count). The highest BCUT2D eigenvalue weighted by atomic mass is 16.5. The zero-order chi connectivity index (χ0) is 13.9. The zero-order valence-corrected chi connectivity index (χ0v) is 11.5. The molecule has 1 aromatic carbocycles. The summed E-state index contributed by atoms with van der Waals surface area (Å²) in [5.41, 5.74) is 1.31. The summed E-state index contributed by atoms with van der Waals surface area (Å²) in [6.45, 7) is 3.30. The molecule has 1 saturated heterocycles. The minimum atomic E-state index is -0.00915. The third-order valence-electron chi connectivity index (χ3n) is 3.60. The summed E-state index contributed by atoms with van der Waals surface area (Å²) in [6.07, 6.45) is 0.974. The minimum absolute atomic E-state index is 0.00915. The van der Waals surface area contributed by atoms with E-state index >= 15 is 0 Å². The second kappa shape index (κ2) is 5.50. The van der Waals surface area contributed by atoms with Crippen LogP contribution in [0.25, 0.3) is 10.9 Å². The molecule has 20 heavy (non-hydrogen) atoms. The number of nitrogens with zero attached hydrogens (tertiary/aromatic N) is 2. The van der Waals surface area contributed by atoms with Gasteiger partial charge in [0.25, 0.3) is 5.91 Å². The van der Waals surface area contributed by atoms with Gasteiger partial charge in [0.2, 0.25) is 0 Å². The van der Waals surface area contributed by atoms with Crippen LogP contribution >= 0.6 is 0 Å². The van der Waals surface area contributed by atoms with Gasteiger partial charge in [-0.3, -0.25) is 9.89 Å². The molecule has 106 valence electrons. The van der Waals surface area contributed by atoms with Crippen molar-refractivity contribution in [1.82, 2.24) is 20.4 Å². The second-order valence-electron chi connectivity index (χ2n) is 4.88. The fourth-order valence-electron chi connectivity index (χ4n) is 2.49. The van der Waals surface area contributed by atoms with Crippen molar-refractivity contribution in [3.8, 4) is 5.75 Å². The Labute approximate surface area is 117 Å². The summed E-state index contributed by atoms with van der Waals surface area (Å²) in [7, 11) is 1.62. The van der Waals surface area contributed by atoms with Crippen LogP contribution in [0.1, 0.15) is 16.9 Å². The van der Waals surface area contributed by atoms with Crippen molar-refractivity contribution in [3.63, 3.8) is 0 Å². The standard InChI is InChI=1S/C14H18N4O2/c1-20-10-3-4-11-12(9-10)16-17-13(11)14(19)18-7-2-5-15-6-8-18/h3-4,9,15H,2,5-8H2,1H3,(H,16,17). The van der Waals surface area contributed by atoms with E-state index in [-0.39, 0.29) is 5.91 Å². The molecule has 0 bridgehead atoms. The number of fused-ring (bicyclic) bond motifs is 1. The minimum Gasteiger partial charge on any atom is -0.497 e. The first kappa shape index (κ1) is 12.9. The Morgan fingerprint density at radius 2 is 2.25 bits per heavy atom. The Kier molecular flexibility index (Phi) is 3.56. The first-order valence-electron chi connectivity index (χ1n) is 6.81. The number of carbonyl (C=O) groups excluding carboxylic acids is 1. The van der Waals surface area contributed by atoms with Crippen molar-refractivity contribution < 1.29 is 9.53 Å². The van der Waals surface area contributed by atoms with Crippen molar-refractivity contribution in [2.75, 3.05) is 33.3 Å². The predicted molar refractivity (Wildman–Crippen MR) is 76.0 cm³/mol. The van der Waals surface area contributed by atoms with Crippen molar-refractivity contribution >= 4 is 16.8 Å². The number of nitrogens with one attached hydrogen (secondary N) is 2. The second-order valence-corrected chi connectivity index (χ2v) is 4.88. The highest BCUT2D eigenvalue weighted by molar-refractivity contribution is 6.04. The van der Waals surface area contributed by atoms with E-state index in [0.29, 0.717) is 5.69 Å². The lowest BCUT2D eigenvalue weighted by Gasteiger charge is -2.18. The number of hydrogen-bond acceptors (Lipinski definition) is 4. The van der Waals surface area contributed by atoms with Crippen LogP contribution in [0.15, 0.2) is 18.2 Å². The van der Waals surface area contributed by atoms with E-state index < -0.39 is 0 Å². The molecule has 6 heteroatoms. The predicted octanol–water partition coefficient (Wildman–Crippen LogP) is 1.01. The highest BCUT2D eigenvalue weighted by Crippen LogP contribution is 2.22. The molecule has 6 nitrogen and oxygen atoms in total. The maximum absolute atomic E-state index is 12.6. The number of amides is 1. The van der Waals surface area contributed by atoms with Gasteiger partial charge in [-0.25, -0.2) is 0 Å². The number of carbonyl (C=O) groups is 1. The molecular weight excluding hydrogens is 256 g/mol. The zero-order valence-electron chi connectivity index (χ0n) is 11.5. The largest absolute Gasteiger partial charge is 0.497 e. The molecule has 0 atom stereocenters. The summed E-state index contributed by atoms with van der Waals surface area (Å²) < 4.78 is 5.17. The Hall–Kier alpha value is -2.08. The molecule has 0 saturated carbocycles. The number of methoxy groups -OCH3 is 1. The smallest absolute Gasteiger partial charge is 0.275 e. The number of hydrogen-bond donors (Lipinski definition) is 2. The summed E-state index contributed by atoms with van der Waals surface area (Å²) >= 11 is 0. The lowest BCUT2D eigenvalue weighted by atomic mass is 10.2. The highest BCUT2D eigenvalue weighted by Gasteiger charge is 2.21. The normalized spacial score (nSPS) is 16.1. The fraction of sp³-hybridized carbons (Fsp3) is 0.429. The van der Waals surface area contributed by atoms with E-state index in [1.54, 1.807) is 7.11 Å². The van der Waals surface area contributed by atoms with Crippen LogP contribution in [0.5, 0.6) is 5.75 Å². The number of benzene rings is 1. The number of H-pyrrole nitrogens is 1. The fourth-order valence-corrected chi connectivity index (χ4v) is 2.49. The van der Waals surface area contributed by atoms with Crippen molar-refractivity contribution in [2.45, 2.75) is 6.42 Å². The number of aromatic nitrogens is 2. The van der Waals surface area contributed by atoms with E-state index in [4.69, 9.17) is 4.74 Å². The van der Waals surface area contributed by atoms with Crippen molar-refractivity contribution in [2.24, 2.45) is 0 Å². The van der Waals surface area contributed by atoms with Gasteiger partial charge >= 0.3 is 0 Å². The van der Waals surface area contributed by atoms with Crippen LogP contribution in [0, 0.1) is 0 Å². The first-order chi connectivity index (χ1) is 9.79. The van der Waals surface area contributed by atoms with E-state index in [1.165, 1.54) is 0 Å². The average Bonchev–Trinajstić information content (AvgIpc) is 2.71. The number of aromatic amines is 1. The molecular formula is C14H18N4O2. The Morgan fingerprint density at radius 3 is 3.10 bits per heavy atom. The first-order valence-corrected chi connectivity index (χ1v) is 6.81. The molecule has 0 unspecified atom stereocenters. The lowest BCUT2D eigenvalue weighted by molar-refractivity contribution is 0.0762. The van der Waals surface area contributed by atoms with Crippen LogP contribution in [0.2, 0.25) is 0 Å². The van der Waals surface area contributed by atoms with Crippen LogP contribution < -0.4 is 10.1 Å². The molecule has 1 amide bonds. The van der Waals surface area contributed by atoms with Gasteiger partial charge in [0.1, 0.15) is 5.75 Å². The molecule has 0 spiro atoms. The maximum Gasteiger partial charge on any atom is 0.275 e. The van der Waals surface area contributed by atoms with E-state index in [2.05, 4.69) is 15.5 Å². The Bertz CT molecular complexity index is 615. The quantitative estimate of drug-likeness (QED) is 0.857. The lowest BCUT2D eigenvalue weighted by Crippen LogP contribution is -2.34. The SMILES string of the molecule is COc1ccc2c(C(=O)N3CCCNCC3)n[nH]c2c1.